The molecule has 1 aromatic heterocycles. The summed E-state index contributed by atoms with van der Waals surface area (Å²) in [5.74, 6) is 0.315. The highest BCUT2D eigenvalue weighted by Crippen LogP contribution is 2.29. The molecule has 1 unspecified atom stereocenters. The largest absolute Gasteiger partial charge is 0.481 e. The molecule has 102 valence electrons. The summed E-state index contributed by atoms with van der Waals surface area (Å²) in [5.41, 5.74) is -1.60. The van der Waals surface area contributed by atoms with E-state index >= 15 is 0 Å². The third-order valence-electron chi connectivity index (χ3n) is 2.77. The van der Waals surface area contributed by atoms with E-state index < -0.39 is 5.60 Å². The predicted molar refractivity (Wildman–Crippen MR) is 70.2 cm³/mol. The number of hydrogen-bond donors (Lipinski definition) is 1. The molecule has 0 amide bonds. The molecule has 20 heavy (non-hydrogen) atoms. The number of aromatic nitrogens is 2. The number of nitriles is 1. The molecule has 1 N–H and O–H groups in total. The van der Waals surface area contributed by atoms with Crippen molar-refractivity contribution in [3.8, 4) is 17.8 Å². The van der Waals surface area contributed by atoms with E-state index in [1.165, 1.54) is 20.3 Å². The monoisotopic (exact) mass is 271 g/mol. The summed E-state index contributed by atoms with van der Waals surface area (Å²) >= 11 is 0. The van der Waals surface area contributed by atoms with Gasteiger partial charge in [-0.25, -0.2) is 0 Å². The molecule has 2 rings (SSSR count). The van der Waals surface area contributed by atoms with Crippen LogP contribution in [0.1, 0.15) is 11.4 Å². The molecular formula is C14H13N3O3. The zero-order valence-electron chi connectivity index (χ0n) is 11.1. The summed E-state index contributed by atoms with van der Waals surface area (Å²) in [6.07, 6.45) is 0. The van der Waals surface area contributed by atoms with Crippen molar-refractivity contribution in [3.05, 3.63) is 47.8 Å². The highest BCUT2D eigenvalue weighted by molar-refractivity contribution is 5.38. The van der Waals surface area contributed by atoms with Crippen molar-refractivity contribution in [2.75, 3.05) is 14.2 Å². The van der Waals surface area contributed by atoms with E-state index in [0.717, 1.165) is 0 Å². The highest BCUT2D eigenvalue weighted by atomic mass is 16.5. The molecular weight excluding hydrogens is 258 g/mol. The van der Waals surface area contributed by atoms with Gasteiger partial charge in [0.05, 0.1) is 20.3 Å². The molecule has 0 fully saturated rings. The maximum Gasteiger partial charge on any atom is 0.237 e. The van der Waals surface area contributed by atoms with E-state index in [4.69, 9.17) is 9.47 Å². The Morgan fingerprint density at radius 1 is 1.10 bits per heavy atom. The summed E-state index contributed by atoms with van der Waals surface area (Å²) in [4.78, 5) is 8.07. The number of methoxy groups -OCH3 is 2. The fourth-order valence-corrected chi connectivity index (χ4v) is 1.70. The van der Waals surface area contributed by atoms with Crippen LogP contribution in [0.15, 0.2) is 36.4 Å². The molecule has 0 aliphatic heterocycles. The molecule has 0 saturated carbocycles. The lowest BCUT2D eigenvalue weighted by atomic mass is 9.94. The van der Waals surface area contributed by atoms with Crippen molar-refractivity contribution in [1.29, 1.82) is 5.26 Å². The van der Waals surface area contributed by atoms with Gasteiger partial charge in [-0.1, -0.05) is 30.3 Å². The van der Waals surface area contributed by atoms with Gasteiger partial charge in [-0.2, -0.15) is 15.2 Å². The summed E-state index contributed by atoms with van der Waals surface area (Å²) in [5, 5.41) is 20.0. The van der Waals surface area contributed by atoms with Crippen LogP contribution in [0.2, 0.25) is 0 Å². The first-order valence-corrected chi connectivity index (χ1v) is 5.80. The summed E-state index contributed by atoms with van der Waals surface area (Å²) in [7, 11) is 2.86. The van der Waals surface area contributed by atoms with Gasteiger partial charge in [0.2, 0.25) is 17.4 Å². The third-order valence-corrected chi connectivity index (χ3v) is 2.77. The summed E-state index contributed by atoms with van der Waals surface area (Å²) < 4.78 is 10.0. The van der Waals surface area contributed by atoms with Crippen molar-refractivity contribution >= 4 is 0 Å². The maximum absolute atomic E-state index is 10.6. The van der Waals surface area contributed by atoms with Crippen LogP contribution in [0.4, 0.5) is 0 Å². The molecule has 0 aliphatic rings. The van der Waals surface area contributed by atoms with Crippen LogP contribution < -0.4 is 9.47 Å². The van der Waals surface area contributed by atoms with Crippen LogP contribution in [-0.4, -0.2) is 29.3 Å². The molecule has 2 aromatic rings. The number of rotatable bonds is 4. The minimum atomic E-state index is -1.97. The van der Waals surface area contributed by atoms with Gasteiger partial charge in [0.1, 0.15) is 6.07 Å². The predicted octanol–water partition coefficient (Wildman–Crippen LogP) is 1.25. The maximum atomic E-state index is 10.6. The Hall–Kier alpha value is -2.65. The highest BCUT2D eigenvalue weighted by Gasteiger charge is 2.36. The quantitative estimate of drug-likeness (QED) is 0.842. The van der Waals surface area contributed by atoms with Crippen molar-refractivity contribution in [2.45, 2.75) is 5.60 Å². The van der Waals surface area contributed by atoms with Crippen LogP contribution in [0.5, 0.6) is 11.8 Å². The molecule has 1 aromatic carbocycles. The van der Waals surface area contributed by atoms with Crippen LogP contribution in [0.3, 0.4) is 0 Å². The van der Waals surface area contributed by atoms with E-state index in [1.807, 2.05) is 6.07 Å². The second-order valence-corrected chi connectivity index (χ2v) is 3.96. The Morgan fingerprint density at radius 3 is 2.10 bits per heavy atom. The Morgan fingerprint density at radius 2 is 1.65 bits per heavy atom. The average molecular weight is 271 g/mol. The number of aliphatic hydroxyl groups is 1. The van der Waals surface area contributed by atoms with E-state index in [9.17, 15) is 10.4 Å². The lowest BCUT2D eigenvalue weighted by Gasteiger charge is -2.19. The smallest absolute Gasteiger partial charge is 0.237 e. The first-order chi connectivity index (χ1) is 9.63. The van der Waals surface area contributed by atoms with E-state index in [2.05, 4.69) is 9.97 Å². The minimum absolute atomic E-state index is 0.0950. The van der Waals surface area contributed by atoms with Gasteiger partial charge >= 0.3 is 0 Å². The van der Waals surface area contributed by atoms with E-state index in [-0.39, 0.29) is 17.6 Å². The normalized spacial score (nSPS) is 13.1. The van der Waals surface area contributed by atoms with Gasteiger partial charge in [-0.3, -0.25) is 0 Å². The van der Waals surface area contributed by atoms with Crippen molar-refractivity contribution in [2.24, 2.45) is 0 Å². The molecule has 6 heteroatoms. The summed E-state index contributed by atoms with van der Waals surface area (Å²) in [6.45, 7) is 0. The first kappa shape index (κ1) is 13.8. The number of ether oxygens (including phenoxy) is 2. The number of benzene rings is 1. The standard InChI is InChI=1S/C14H13N3O3/c1-19-11-8-12(20-2)17-13(16-11)14(18,9-15)10-6-4-3-5-7-10/h3-8,18H,1-2H3. The van der Waals surface area contributed by atoms with Crippen LogP contribution in [0, 0.1) is 11.3 Å². The van der Waals surface area contributed by atoms with Gasteiger partial charge in [0.25, 0.3) is 0 Å². The molecule has 0 bridgehead atoms. The zero-order chi connectivity index (χ0) is 14.6. The van der Waals surface area contributed by atoms with Crippen molar-refractivity contribution in [1.82, 2.24) is 9.97 Å². The molecule has 6 nitrogen and oxygen atoms in total. The molecule has 1 heterocycles. The molecule has 0 spiro atoms. The topological polar surface area (TPSA) is 88.3 Å². The number of nitrogens with zero attached hydrogens (tertiary/aromatic N) is 3. The van der Waals surface area contributed by atoms with Crippen molar-refractivity contribution < 1.29 is 14.6 Å². The summed E-state index contributed by atoms with van der Waals surface area (Å²) in [6, 6.07) is 11.8. The molecule has 1 atom stereocenters. The van der Waals surface area contributed by atoms with Gasteiger partial charge in [0, 0.05) is 5.56 Å². The van der Waals surface area contributed by atoms with Gasteiger partial charge in [0.15, 0.2) is 5.82 Å². The molecule has 0 aliphatic carbocycles. The molecule has 0 radical (unpaired) electrons. The lowest BCUT2D eigenvalue weighted by Crippen LogP contribution is -2.28. The van der Waals surface area contributed by atoms with Crippen LogP contribution in [0.25, 0.3) is 0 Å². The lowest BCUT2D eigenvalue weighted by molar-refractivity contribution is 0.130. The second-order valence-electron chi connectivity index (χ2n) is 3.96. The SMILES string of the molecule is COc1cc(OC)nc(C(O)(C#N)c2ccccc2)n1. The Balaban J connectivity index is 2.60. The Labute approximate surface area is 116 Å². The van der Waals surface area contributed by atoms with Gasteiger partial charge < -0.3 is 14.6 Å². The number of hydrogen-bond acceptors (Lipinski definition) is 6. The third kappa shape index (κ3) is 2.39. The Kier molecular flexibility index (Phi) is 3.82. The van der Waals surface area contributed by atoms with Crippen molar-refractivity contribution in [3.63, 3.8) is 0 Å². The van der Waals surface area contributed by atoms with E-state index in [0.29, 0.717) is 5.56 Å². The zero-order valence-corrected chi connectivity index (χ0v) is 11.1. The van der Waals surface area contributed by atoms with Crippen LogP contribution >= 0.6 is 0 Å². The fraction of sp³-hybridized carbons (Fsp3) is 0.214. The second kappa shape index (κ2) is 5.55. The van der Waals surface area contributed by atoms with E-state index in [1.54, 1.807) is 30.3 Å². The first-order valence-electron chi connectivity index (χ1n) is 5.80. The minimum Gasteiger partial charge on any atom is -0.481 e. The van der Waals surface area contributed by atoms with Gasteiger partial charge in [-0.15, -0.1) is 0 Å². The fourth-order valence-electron chi connectivity index (χ4n) is 1.70. The Bertz CT molecular complexity index is 618. The molecule has 0 saturated heterocycles. The van der Waals surface area contributed by atoms with Gasteiger partial charge in [-0.05, 0) is 0 Å². The van der Waals surface area contributed by atoms with Crippen LogP contribution in [-0.2, 0) is 5.60 Å². The average Bonchev–Trinajstić information content (AvgIpc) is 2.54.